The molecule has 154 valence electrons. The molecule has 0 saturated carbocycles. The van der Waals surface area contributed by atoms with Crippen LogP contribution in [0.3, 0.4) is 0 Å². The van der Waals surface area contributed by atoms with E-state index in [2.05, 4.69) is 23.0 Å². The molecule has 0 amide bonds. The lowest BCUT2D eigenvalue weighted by Gasteiger charge is -2.18. The molecule has 6 heteroatoms. The van der Waals surface area contributed by atoms with Gasteiger partial charge in [-0.2, -0.15) is 0 Å². The fraction of sp³-hybridized carbons (Fsp3) is 0.240. The minimum Gasteiger partial charge on any atom is -0.472 e. The molecule has 0 radical (unpaired) electrons. The Balaban J connectivity index is 1.45. The number of benzene rings is 2. The van der Waals surface area contributed by atoms with Crippen molar-refractivity contribution in [2.45, 2.75) is 32.8 Å². The highest BCUT2D eigenvalue weighted by Gasteiger charge is 2.24. The molecule has 6 rings (SSSR count). The van der Waals surface area contributed by atoms with Crippen molar-refractivity contribution < 1.29 is 9.15 Å². The Morgan fingerprint density at radius 2 is 2.06 bits per heavy atom. The van der Waals surface area contributed by atoms with Gasteiger partial charge in [-0.15, -0.1) is 11.3 Å². The van der Waals surface area contributed by atoms with Crippen molar-refractivity contribution in [2.75, 3.05) is 0 Å². The minimum absolute atomic E-state index is 0.239. The van der Waals surface area contributed by atoms with Crippen LogP contribution in [-0.2, 0) is 19.4 Å². The molecular formula is C25H20N2O3S. The van der Waals surface area contributed by atoms with Gasteiger partial charge in [0.05, 0.1) is 5.39 Å². The first-order chi connectivity index (χ1) is 15.2. The average Bonchev–Trinajstić information content (AvgIpc) is 3.15. The van der Waals surface area contributed by atoms with E-state index in [9.17, 15) is 4.79 Å². The molecular weight excluding hydrogens is 408 g/mol. The lowest BCUT2D eigenvalue weighted by Crippen LogP contribution is -2.09. The molecule has 3 aromatic heterocycles. The molecule has 5 nitrogen and oxygen atoms in total. The smallest absolute Gasteiger partial charge is 0.336 e. The Morgan fingerprint density at radius 3 is 3.00 bits per heavy atom. The Labute approximate surface area is 182 Å². The summed E-state index contributed by atoms with van der Waals surface area (Å²) >= 11 is 1.75. The molecule has 5 aromatic rings. The van der Waals surface area contributed by atoms with Crippen molar-refractivity contribution in [3.8, 4) is 5.88 Å². The fourth-order valence-electron chi connectivity index (χ4n) is 4.64. The molecule has 31 heavy (non-hydrogen) atoms. The molecule has 0 aliphatic heterocycles. The summed E-state index contributed by atoms with van der Waals surface area (Å²) in [6.07, 6.45) is 4.86. The van der Waals surface area contributed by atoms with Crippen molar-refractivity contribution >= 4 is 43.3 Å². The van der Waals surface area contributed by atoms with Crippen molar-refractivity contribution in [3.05, 3.63) is 75.2 Å². The van der Waals surface area contributed by atoms with E-state index in [1.54, 1.807) is 17.7 Å². The van der Waals surface area contributed by atoms with E-state index in [0.717, 1.165) is 44.8 Å². The van der Waals surface area contributed by atoms with Crippen LogP contribution < -0.4 is 10.4 Å². The summed E-state index contributed by atoms with van der Waals surface area (Å²) in [6.45, 7) is 2.54. The van der Waals surface area contributed by atoms with Crippen LogP contribution in [0, 0.1) is 5.92 Å². The highest BCUT2D eigenvalue weighted by Crippen LogP contribution is 2.40. The lowest BCUT2D eigenvalue weighted by molar-refractivity contribution is 0.298. The highest BCUT2D eigenvalue weighted by atomic mass is 32.1. The third-order valence-corrected chi connectivity index (χ3v) is 7.30. The second-order valence-electron chi connectivity index (χ2n) is 8.25. The molecule has 1 aliphatic carbocycles. The first-order valence-electron chi connectivity index (χ1n) is 10.5. The fourth-order valence-corrected chi connectivity index (χ4v) is 5.98. The summed E-state index contributed by atoms with van der Waals surface area (Å²) in [6, 6.07) is 13.4. The van der Waals surface area contributed by atoms with Crippen LogP contribution in [0.25, 0.3) is 32.0 Å². The third-order valence-electron chi connectivity index (χ3n) is 6.14. The quantitative estimate of drug-likeness (QED) is 0.274. The highest BCUT2D eigenvalue weighted by molar-refractivity contribution is 7.18. The number of nitrogens with zero attached hydrogens (tertiary/aromatic N) is 2. The van der Waals surface area contributed by atoms with Gasteiger partial charge in [0.15, 0.2) is 0 Å². The molecule has 1 aliphatic rings. The topological polar surface area (TPSA) is 65.2 Å². The van der Waals surface area contributed by atoms with E-state index < -0.39 is 0 Å². The van der Waals surface area contributed by atoms with Crippen LogP contribution >= 0.6 is 11.3 Å². The number of rotatable bonds is 3. The van der Waals surface area contributed by atoms with E-state index in [-0.39, 0.29) is 12.2 Å². The Bertz CT molecular complexity index is 1520. The molecule has 0 N–H and O–H groups in total. The summed E-state index contributed by atoms with van der Waals surface area (Å²) in [5, 5.41) is 4.07. The number of hydrogen-bond acceptors (Lipinski definition) is 6. The van der Waals surface area contributed by atoms with E-state index in [1.807, 2.05) is 30.3 Å². The zero-order chi connectivity index (χ0) is 20.9. The van der Waals surface area contributed by atoms with Gasteiger partial charge in [-0.1, -0.05) is 37.3 Å². The average molecular weight is 429 g/mol. The minimum atomic E-state index is -0.379. The summed E-state index contributed by atoms with van der Waals surface area (Å²) in [5.74, 6) is 1.29. The number of fused-ring (bicyclic) bond motifs is 6. The van der Waals surface area contributed by atoms with E-state index in [4.69, 9.17) is 9.15 Å². The Hall–Kier alpha value is -3.25. The normalized spacial score (nSPS) is 16.1. The first-order valence-corrected chi connectivity index (χ1v) is 11.3. The predicted octanol–water partition coefficient (Wildman–Crippen LogP) is 5.65. The third kappa shape index (κ3) is 3.10. The van der Waals surface area contributed by atoms with Gasteiger partial charge in [-0.25, -0.2) is 14.8 Å². The molecule has 0 bridgehead atoms. The van der Waals surface area contributed by atoms with Crippen LogP contribution in [-0.4, -0.2) is 9.97 Å². The molecule has 0 spiro atoms. The van der Waals surface area contributed by atoms with E-state index >= 15 is 0 Å². The van der Waals surface area contributed by atoms with Gasteiger partial charge < -0.3 is 9.15 Å². The predicted molar refractivity (Wildman–Crippen MR) is 123 cm³/mol. The van der Waals surface area contributed by atoms with Gasteiger partial charge in [-0.3, -0.25) is 0 Å². The number of aryl methyl sites for hydroxylation is 1. The Morgan fingerprint density at radius 1 is 1.16 bits per heavy atom. The lowest BCUT2D eigenvalue weighted by atomic mass is 9.89. The van der Waals surface area contributed by atoms with E-state index in [0.29, 0.717) is 17.4 Å². The second kappa shape index (κ2) is 7.17. The largest absolute Gasteiger partial charge is 0.472 e. The number of hydrogen-bond donors (Lipinski definition) is 0. The summed E-state index contributed by atoms with van der Waals surface area (Å²) in [4.78, 5) is 23.5. The van der Waals surface area contributed by atoms with Gasteiger partial charge in [0.2, 0.25) is 5.88 Å². The maximum absolute atomic E-state index is 12.2. The number of ether oxygens (including phenoxy) is 1. The monoisotopic (exact) mass is 428 g/mol. The van der Waals surface area contributed by atoms with Gasteiger partial charge >= 0.3 is 5.63 Å². The van der Waals surface area contributed by atoms with Gasteiger partial charge in [0.25, 0.3) is 0 Å². The zero-order valence-corrected chi connectivity index (χ0v) is 17.9. The SMILES string of the molecule is CC1CCc2c(sc3ncnc(OCc4cc(=O)oc5ccc6ccccc6c45)c23)C1. The van der Waals surface area contributed by atoms with Crippen LogP contribution in [0.5, 0.6) is 5.88 Å². The second-order valence-corrected chi connectivity index (χ2v) is 9.33. The van der Waals surface area contributed by atoms with Crippen LogP contribution in [0.2, 0.25) is 0 Å². The Kier molecular flexibility index (Phi) is 4.28. The van der Waals surface area contributed by atoms with Crippen LogP contribution in [0.1, 0.15) is 29.3 Å². The summed E-state index contributed by atoms with van der Waals surface area (Å²) in [5.41, 5.74) is 2.32. The zero-order valence-electron chi connectivity index (χ0n) is 17.1. The van der Waals surface area contributed by atoms with Crippen molar-refractivity contribution in [2.24, 2.45) is 5.92 Å². The molecule has 2 aromatic carbocycles. The molecule has 0 saturated heterocycles. The van der Waals surface area contributed by atoms with Gasteiger partial charge in [0, 0.05) is 21.9 Å². The summed E-state index contributed by atoms with van der Waals surface area (Å²) in [7, 11) is 0. The van der Waals surface area contributed by atoms with Crippen LogP contribution in [0.4, 0.5) is 0 Å². The maximum atomic E-state index is 12.2. The maximum Gasteiger partial charge on any atom is 0.336 e. The van der Waals surface area contributed by atoms with Crippen LogP contribution in [0.15, 0.2) is 58.0 Å². The molecule has 0 fully saturated rings. The molecule has 1 atom stereocenters. The molecule has 1 unspecified atom stereocenters. The molecule has 3 heterocycles. The van der Waals surface area contributed by atoms with E-state index in [1.165, 1.54) is 22.9 Å². The van der Waals surface area contributed by atoms with Crippen molar-refractivity contribution in [1.29, 1.82) is 0 Å². The van der Waals surface area contributed by atoms with Gasteiger partial charge in [-0.05, 0) is 47.6 Å². The number of thiophene rings is 1. The van der Waals surface area contributed by atoms with Crippen molar-refractivity contribution in [1.82, 2.24) is 9.97 Å². The summed E-state index contributed by atoms with van der Waals surface area (Å²) < 4.78 is 11.7. The standard InChI is InChI=1S/C25H20N2O3S/c1-14-6-8-18-20(10-14)31-25-23(18)24(26-13-27-25)29-12-16-11-21(28)30-19-9-7-15-4-2-3-5-17(15)22(16)19/h2-5,7,9,11,13-14H,6,8,10,12H2,1H3. The van der Waals surface area contributed by atoms with Crippen molar-refractivity contribution in [3.63, 3.8) is 0 Å². The number of aromatic nitrogens is 2. The van der Waals surface area contributed by atoms with Gasteiger partial charge in [0.1, 0.15) is 23.3 Å². The first kappa shape index (κ1) is 18.5.